The lowest BCUT2D eigenvalue weighted by atomic mass is 10.0. The van der Waals surface area contributed by atoms with Gasteiger partial charge in [0.05, 0.1) is 19.2 Å². The lowest BCUT2D eigenvalue weighted by molar-refractivity contribution is 0.0901. The molecule has 9 heteroatoms. The highest BCUT2D eigenvalue weighted by atomic mass is 16.5. The van der Waals surface area contributed by atoms with Gasteiger partial charge in [-0.3, -0.25) is 14.5 Å². The van der Waals surface area contributed by atoms with Crippen LogP contribution in [0.2, 0.25) is 0 Å². The number of likely N-dealkylation sites (tertiary alicyclic amines) is 1. The second-order valence-corrected chi connectivity index (χ2v) is 7.94. The van der Waals surface area contributed by atoms with Crippen molar-refractivity contribution in [3.8, 4) is 5.75 Å². The minimum atomic E-state index is -0.427. The highest BCUT2D eigenvalue weighted by Crippen LogP contribution is 2.20. The molecule has 0 atom stereocenters. The number of furan rings is 1. The minimum Gasteiger partial charge on any atom is -0.496 e. The third-order valence-electron chi connectivity index (χ3n) is 5.60. The lowest BCUT2D eigenvalue weighted by Gasteiger charge is -2.31. The summed E-state index contributed by atoms with van der Waals surface area (Å²) >= 11 is 0. The van der Waals surface area contributed by atoms with E-state index in [1.54, 1.807) is 24.3 Å². The average Bonchev–Trinajstić information content (AvgIpc) is 3.25. The van der Waals surface area contributed by atoms with Crippen molar-refractivity contribution in [3.05, 3.63) is 71.6 Å². The molecule has 1 aliphatic rings. The van der Waals surface area contributed by atoms with E-state index in [9.17, 15) is 9.59 Å². The van der Waals surface area contributed by atoms with E-state index in [0.717, 1.165) is 44.0 Å². The van der Waals surface area contributed by atoms with Crippen molar-refractivity contribution >= 4 is 17.6 Å². The van der Waals surface area contributed by atoms with Crippen LogP contribution in [0.15, 0.2) is 53.2 Å². The summed E-state index contributed by atoms with van der Waals surface area (Å²) in [6.45, 7) is 4.40. The van der Waals surface area contributed by atoms with Gasteiger partial charge in [0.1, 0.15) is 17.3 Å². The zero-order chi connectivity index (χ0) is 23.2. The number of hydrogen-bond acceptors (Lipinski definition) is 7. The van der Waals surface area contributed by atoms with Crippen molar-refractivity contribution in [3.63, 3.8) is 0 Å². The number of methoxy groups -OCH3 is 1. The summed E-state index contributed by atoms with van der Waals surface area (Å²) in [4.78, 5) is 36.3. The Labute approximate surface area is 192 Å². The van der Waals surface area contributed by atoms with Crippen LogP contribution in [0.3, 0.4) is 0 Å². The average molecular weight is 450 g/mol. The minimum absolute atomic E-state index is 0.0202. The molecule has 0 radical (unpaired) electrons. The number of carbonyl (C=O) groups is 2. The van der Waals surface area contributed by atoms with E-state index in [-0.39, 0.29) is 23.5 Å². The highest BCUT2D eigenvalue weighted by molar-refractivity contribution is 6.08. The molecule has 0 spiro atoms. The number of nitrogens with one attached hydrogen (secondary N) is 2. The largest absolute Gasteiger partial charge is 0.496 e. The smallest absolute Gasteiger partial charge is 0.273 e. The SMILES string of the molecule is COc1ccccc1C(=O)Nc1nccnc1C(=O)NC1CCN(Cc2ccc(C)o2)CC1. The van der Waals surface area contributed by atoms with E-state index in [4.69, 9.17) is 9.15 Å². The molecule has 33 heavy (non-hydrogen) atoms. The molecule has 2 N–H and O–H groups in total. The normalized spacial score (nSPS) is 14.6. The molecule has 2 amide bonds. The first-order valence-electron chi connectivity index (χ1n) is 10.9. The summed E-state index contributed by atoms with van der Waals surface area (Å²) in [7, 11) is 1.49. The zero-order valence-electron chi connectivity index (χ0n) is 18.7. The van der Waals surface area contributed by atoms with E-state index in [0.29, 0.717) is 11.3 Å². The number of piperidine rings is 1. The van der Waals surface area contributed by atoms with Crippen LogP contribution in [0.5, 0.6) is 5.75 Å². The van der Waals surface area contributed by atoms with E-state index in [1.165, 1.54) is 19.5 Å². The zero-order valence-corrected chi connectivity index (χ0v) is 18.7. The molecule has 0 aliphatic carbocycles. The number of benzene rings is 1. The molecule has 1 aromatic carbocycles. The molecule has 9 nitrogen and oxygen atoms in total. The second kappa shape index (κ2) is 10.3. The molecule has 172 valence electrons. The van der Waals surface area contributed by atoms with Crippen molar-refractivity contribution < 1.29 is 18.7 Å². The van der Waals surface area contributed by atoms with Gasteiger partial charge in [-0.25, -0.2) is 9.97 Å². The van der Waals surface area contributed by atoms with Gasteiger partial charge >= 0.3 is 0 Å². The first-order valence-corrected chi connectivity index (χ1v) is 10.9. The molecule has 3 heterocycles. The van der Waals surface area contributed by atoms with Crippen LogP contribution in [-0.2, 0) is 6.54 Å². The van der Waals surface area contributed by atoms with Gasteiger partial charge in [0, 0.05) is 31.5 Å². The Morgan fingerprint density at radius 1 is 1.09 bits per heavy atom. The fraction of sp³-hybridized carbons (Fsp3) is 0.333. The molecule has 0 bridgehead atoms. The van der Waals surface area contributed by atoms with Crippen molar-refractivity contribution in [2.24, 2.45) is 0 Å². The molecule has 2 aromatic heterocycles. The van der Waals surface area contributed by atoms with Crippen LogP contribution >= 0.6 is 0 Å². The second-order valence-electron chi connectivity index (χ2n) is 7.94. The Morgan fingerprint density at radius 2 is 1.85 bits per heavy atom. The van der Waals surface area contributed by atoms with Crippen LogP contribution in [0.4, 0.5) is 5.82 Å². The fourth-order valence-corrected chi connectivity index (χ4v) is 3.88. The summed E-state index contributed by atoms with van der Waals surface area (Å²) in [5.41, 5.74) is 0.422. The number of para-hydroxylation sites is 1. The van der Waals surface area contributed by atoms with Gasteiger partial charge in [0.15, 0.2) is 11.5 Å². The van der Waals surface area contributed by atoms with Crippen LogP contribution in [0.1, 0.15) is 45.2 Å². The van der Waals surface area contributed by atoms with Gasteiger partial charge in [-0.1, -0.05) is 12.1 Å². The molecular weight excluding hydrogens is 422 g/mol. The quantitative estimate of drug-likeness (QED) is 0.571. The van der Waals surface area contributed by atoms with E-state index < -0.39 is 5.91 Å². The van der Waals surface area contributed by atoms with Crippen molar-refractivity contribution in [2.75, 3.05) is 25.5 Å². The summed E-state index contributed by atoms with van der Waals surface area (Å²) < 4.78 is 10.9. The standard InChI is InChI=1S/C24H27N5O4/c1-16-7-8-18(33-16)15-29-13-9-17(10-14-29)27-24(31)21-22(26-12-11-25-21)28-23(30)19-5-3-4-6-20(19)32-2/h3-8,11-12,17H,9-10,13-15H2,1-2H3,(H,27,31)(H,26,28,30). The Bertz CT molecular complexity index is 1120. The predicted molar refractivity (Wildman–Crippen MR) is 122 cm³/mol. The van der Waals surface area contributed by atoms with Gasteiger partial charge < -0.3 is 19.8 Å². The van der Waals surface area contributed by atoms with Crippen LogP contribution in [0, 0.1) is 6.92 Å². The van der Waals surface area contributed by atoms with Gasteiger partial charge in [0.25, 0.3) is 11.8 Å². The molecular formula is C24H27N5O4. The number of hydrogen-bond donors (Lipinski definition) is 2. The van der Waals surface area contributed by atoms with Crippen LogP contribution in [0.25, 0.3) is 0 Å². The van der Waals surface area contributed by atoms with Crippen LogP contribution < -0.4 is 15.4 Å². The summed E-state index contributed by atoms with van der Waals surface area (Å²) in [5.74, 6) is 1.61. The number of anilines is 1. The van der Waals surface area contributed by atoms with Crippen LogP contribution in [-0.4, -0.2) is 52.9 Å². The maximum atomic E-state index is 12.9. The maximum absolute atomic E-state index is 12.9. The molecule has 3 aromatic rings. The third-order valence-corrected chi connectivity index (χ3v) is 5.60. The van der Waals surface area contributed by atoms with Gasteiger partial charge in [-0.05, 0) is 44.0 Å². The van der Waals surface area contributed by atoms with Crippen molar-refractivity contribution in [1.82, 2.24) is 20.2 Å². The molecule has 1 aliphatic heterocycles. The Kier molecular flexibility index (Phi) is 6.99. The maximum Gasteiger partial charge on any atom is 0.273 e. The number of nitrogens with zero attached hydrogens (tertiary/aromatic N) is 3. The Balaban J connectivity index is 1.36. The first kappa shape index (κ1) is 22.5. The molecule has 4 rings (SSSR count). The highest BCUT2D eigenvalue weighted by Gasteiger charge is 2.24. The van der Waals surface area contributed by atoms with Crippen molar-refractivity contribution in [1.29, 1.82) is 0 Å². The monoisotopic (exact) mass is 449 g/mol. The summed E-state index contributed by atoms with van der Waals surface area (Å²) in [6.07, 6.45) is 4.49. The third kappa shape index (κ3) is 5.56. The topological polar surface area (TPSA) is 110 Å². The number of ether oxygens (including phenoxy) is 1. The number of carbonyl (C=O) groups excluding carboxylic acids is 2. The Hall–Kier alpha value is -3.72. The van der Waals surface area contributed by atoms with E-state index in [2.05, 4.69) is 25.5 Å². The fourth-order valence-electron chi connectivity index (χ4n) is 3.88. The van der Waals surface area contributed by atoms with E-state index >= 15 is 0 Å². The van der Waals surface area contributed by atoms with Gasteiger partial charge in [-0.15, -0.1) is 0 Å². The molecule has 0 unspecified atom stereocenters. The number of amides is 2. The number of aromatic nitrogens is 2. The predicted octanol–water partition coefficient (Wildman–Crippen LogP) is 3.03. The number of aryl methyl sites for hydroxylation is 1. The molecule has 1 saturated heterocycles. The summed E-state index contributed by atoms with van der Waals surface area (Å²) in [5, 5.41) is 5.72. The molecule has 1 fully saturated rings. The van der Waals surface area contributed by atoms with Crippen molar-refractivity contribution in [2.45, 2.75) is 32.4 Å². The summed E-state index contributed by atoms with van der Waals surface area (Å²) in [6, 6.07) is 10.8. The van der Waals surface area contributed by atoms with Gasteiger partial charge in [-0.2, -0.15) is 0 Å². The lowest BCUT2D eigenvalue weighted by Crippen LogP contribution is -2.44. The Morgan fingerprint density at radius 3 is 2.58 bits per heavy atom. The van der Waals surface area contributed by atoms with Gasteiger partial charge in [0.2, 0.25) is 0 Å². The van der Waals surface area contributed by atoms with E-state index in [1.807, 2.05) is 19.1 Å². The number of rotatable bonds is 7. The first-order chi connectivity index (χ1) is 16.0. The molecule has 0 saturated carbocycles.